The quantitative estimate of drug-likeness (QED) is 0.437. The third kappa shape index (κ3) is 6.02. The average molecular weight is 458 g/mol. The molecule has 1 aliphatic carbocycles. The van der Waals surface area contributed by atoms with Gasteiger partial charge in [-0.25, -0.2) is 0 Å². The summed E-state index contributed by atoms with van der Waals surface area (Å²) in [4.78, 5) is 8.55. The minimum absolute atomic E-state index is 0.0278. The number of phenols is 2. The first-order valence-corrected chi connectivity index (χ1v) is 9.80. The van der Waals surface area contributed by atoms with Crippen LogP contribution < -0.4 is 0 Å². The van der Waals surface area contributed by atoms with Crippen LogP contribution in [0.5, 0.6) is 11.5 Å². The summed E-state index contributed by atoms with van der Waals surface area (Å²) in [6, 6.07) is 4.84. The van der Waals surface area contributed by atoms with E-state index >= 15 is 0 Å². The van der Waals surface area contributed by atoms with Crippen molar-refractivity contribution in [2.75, 3.05) is 0 Å². The van der Waals surface area contributed by atoms with Crippen LogP contribution in [-0.4, -0.2) is 34.7 Å². The second-order valence-corrected chi connectivity index (χ2v) is 7.56. The molecule has 0 radical (unpaired) electrons. The van der Waals surface area contributed by atoms with E-state index < -0.39 is 23.5 Å². The number of aliphatic imine (C=N–C) groups is 2. The van der Waals surface area contributed by atoms with Crippen molar-refractivity contribution in [2.24, 2.45) is 9.98 Å². The normalized spacial score (nSPS) is 20.3. The van der Waals surface area contributed by atoms with E-state index in [0.29, 0.717) is 25.7 Å². The zero-order valence-corrected chi connectivity index (χ0v) is 16.7. The summed E-state index contributed by atoms with van der Waals surface area (Å²) in [7, 11) is 0. The van der Waals surface area contributed by atoms with Gasteiger partial charge in [0.1, 0.15) is 11.5 Å². The molecule has 1 saturated carbocycles. The van der Waals surface area contributed by atoms with E-state index in [1.54, 1.807) is 0 Å². The maximum Gasteiger partial charge on any atom is 0.416 e. The Morgan fingerprint density at radius 2 is 1.00 bits per heavy atom. The molecule has 2 aromatic carbocycles. The van der Waals surface area contributed by atoms with Gasteiger partial charge in [0.05, 0.1) is 23.2 Å². The van der Waals surface area contributed by atoms with E-state index in [1.807, 2.05) is 0 Å². The van der Waals surface area contributed by atoms with Crippen LogP contribution in [0.1, 0.15) is 47.9 Å². The number of aromatic hydroxyl groups is 2. The Hall–Kier alpha value is -3.04. The number of rotatable bonds is 4. The third-order valence-electron chi connectivity index (χ3n) is 5.22. The fraction of sp³-hybridized carbons (Fsp3) is 0.364. The first-order valence-electron chi connectivity index (χ1n) is 9.80. The monoisotopic (exact) mass is 458 g/mol. The van der Waals surface area contributed by atoms with E-state index in [9.17, 15) is 36.6 Å². The number of hydrogen-bond acceptors (Lipinski definition) is 4. The fourth-order valence-electron chi connectivity index (χ4n) is 3.40. The number of nitrogens with zero attached hydrogens (tertiary/aromatic N) is 2. The molecule has 0 atom stereocenters. The summed E-state index contributed by atoms with van der Waals surface area (Å²) in [6.07, 6.45) is -4.31. The second kappa shape index (κ2) is 9.22. The molecule has 0 saturated heterocycles. The van der Waals surface area contributed by atoms with Gasteiger partial charge in [0.15, 0.2) is 0 Å². The van der Waals surface area contributed by atoms with E-state index in [-0.39, 0.29) is 34.7 Å². The predicted octanol–water partition coefficient (Wildman–Crippen LogP) is 5.98. The minimum atomic E-state index is -4.53. The Kier molecular flexibility index (Phi) is 6.80. The summed E-state index contributed by atoms with van der Waals surface area (Å²) in [6.45, 7) is 0. The topological polar surface area (TPSA) is 65.2 Å². The van der Waals surface area contributed by atoms with Crippen molar-refractivity contribution < 1.29 is 36.6 Å². The highest BCUT2D eigenvalue weighted by molar-refractivity contribution is 5.84. The molecule has 0 heterocycles. The summed E-state index contributed by atoms with van der Waals surface area (Å²) in [5.41, 5.74) is -1.82. The SMILES string of the molecule is Oc1ccc(C(F)(F)F)cc1C=NC1CCC(N=Cc2cc(C(F)(F)F)ccc2O)CC1. The molecule has 0 spiro atoms. The van der Waals surface area contributed by atoms with Gasteiger partial charge < -0.3 is 10.2 Å². The summed E-state index contributed by atoms with van der Waals surface area (Å²) in [5.74, 6) is -0.609. The van der Waals surface area contributed by atoms with Crippen LogP contribution in [0.2, 0.25) is 0 Å². The lowest BCUT2D eigenvalue weighted by molar-refractivity contribution is -0.138. The van der Waals surface area contributed by atoms with E-state index in [1.165, 1.54) is 12.4 Å². The number of benzene rings is 2. The summed E-state index contributed by atoms with van der Waals surface area (Å²) >= 11 is 0. The Morgan fingerprint density at radius 3 is 1.31 bits per heavy atom. The Balaban J connectivity index is 1.61. The van der Waals surface area contributed by atoms with Crippen LogP contribution in [0.4, 0.5) is 26.3 Å². The van der Waals surface area contributed by atoms with Crippen LogP contribution >= 0.6 is 0 Å². The van der Waals surface area contributed by atoms with Gasteiger partial charge in [-0.1, -0.05) is 0 Å². The number of halogens is 6. The highest BCUT2D eigenvalue weighted by Gasteiger charge is 2.31. The average Bonchev–Trinajstić information content (AvgIpc) is 2.71. The smallest absolute Gasteiger partial charge is 0.416 e. The molecule has 2 N–H and O–H groups in total. The second-order valence-electron chi connectivity index (χ2n) is 7.56. The first-order chi connectivity index (χ1) is 14.9. The number of alkyl halides is 6. The first kappa shape index (κ1) is 23.6. The van der Waals surface area contributed by atoms with Gasteiger partial charge in [-0.3, -0.25) is 9.98 Å². The Bertz CT molecular complexity index is 925. The van der Waals surface area contributed by atoms with Gasteiger partial charge in [-0.05, 0) is 62.1 Å². The van der Waals surface area contributed by atoms with Crippen LogP contribution in [0, 0.1) is 0 Å². The largest absolute Gasteiger partial charge is 0.507 e. The van der Waals surface area contributed by atoms with Gasteiger partial charge in [0, 0.05) is 23.6 Å². The number of hydrogen-bond donors (Lipinski definition) is 2. The molecule has 0 aromatic heterocycles. The van der Waals surface area contributed by atoms with Gasteiger partial charge in [-0.15, -0.1) is 0 Å². The highest BCUT2D eigenvalue weighted by Crippen LogP contribution is 2.33. The Labute approximate surface area is 180 Å². The lowest BCUT2D eigenvalue weighted by Gasteiger charge is -2.23. The molecule has 1 fully saturated rings. The summed E-state index contributed by atoms with van der Waals surface area (Å²) in [5, 5.41) is 19.5. The molecule has 4 nitrogen and oxygen atoms in total. The van der Waals surface area contributed by atoms with Gasteiger partial charge in [0.25, 0.3) is 0 Å². The standard InChI is InChI=1S/C22H20F6N2O2/c23-21(24,25)15-1-7-19(31)13(9-15)11-29-17-3-5-18(6-4-17)30-12-14-10-16(22(26,27)28)2-8-20(14)32/h1-2,7-12,17-18,31-32H,3-6H2. The van der Waals surface area contributed by atoms with E-state index in [4.69, 9.17) is 0 Å². The molecule has 2 aromatic rings. The third-order valence-corrected chi connectivity index (χ3v) is 5.22. The lowest BCUT2D eigenvalue weighted by Crippen LogP contribution is -2.20. The van der Waals surface area contributed by atoms with Crippen molar-refractivity contribution in [1.29, 1.82) is 0 Å². The molecular formula is C22H20F6N2O2. The molecule has 32 heavy (non-hydrogen) atoms. The van der Waals surface area contributed by atoms with Crippen molar-refractivity contribution in [3.63, 3.8) is 0 Å². The van der Waals surface area contributed by atoms with Crippen LogP contribution in [-0.2, 0) is 12.4 Å². The maximum atomic E-state index is 12.8. The van der Waals surface area contributed by atoms with Crippen molar-refractivity contribution in [3.8, 4) is 11.5 Å². The molecule has 0 unspecified atom stereocenters. The zero-order valence-electron chi connectivity index (χ0n) is 16.7. The van der Waals surface area contributed by atoms with Gasteiger partial charge in [0.2, 0.25) is 0 Å². The van der Waals surface area contributed by atoms with Gasteiger partial charge >= 0.3 is 12.4 Å². The van der Waals surface area contributed by atoms with E-state index in [0.717, 1.165) is 36.4 Å². The molecule has 1 aliphatic rings. The van der Waals surface area contributed by atoms with Crippen molar-refractivity contribution in [3.05, 3.63) is 58.7 Å². The molecule has 0 aliphatic heterocycles. The van der Waals surface area contributed by atoms with Crippen LogP contribution in [0.15, 0.2) is 46.4 Å². The molecule has 172 valence electrons. The van der Waals surface area contributed by atoms with Crippen LogP contribution in [0.25, 0.3) is 0 Å². The van der Waals surface area contributed by atoms with Crippen molar-refractivity contribution in [1.82, 2.24) is 0 Å². The minimum Gasteiger partial charge on any atom is -0.507 e. The van der Waals surface area contributed by atoms with E-state index in [2.05, 4.69) is 9.98 Å². The predicted molar refractivity (Wildman–Crippen MR) is 107 cm³/mol. The number of phenolic OH excluding ortho intramolecular Hbond substituents is 2. The maximum absolute atomic E-state index is 12.8. The van der Waals surface area contributed by atoms with Crippen molar-refractivity contribution >= 4 is 12.4 Å². The Morgan fingerprint density at radius 1 is 0.656 bits per heavy atom. The molecule has 0 amide bonds. The molecule has 10 heteroatoms. The molecular weight excluding hydrogens is 438 g/mol. The molecule has 3 rings (SSSR count). The van der Waals surface area contributed by atoms with Gasteiger partial charge in [-0.2, -0.15) is 26.3 Å². The lowest BCUT2D eigenvalue weighted by atomic mass is 9.92. The molecule has 0 bridgehead atoms. The van der Waals surface area contributed by atoms with Crippen molar-refractivity contribution in [2.45, 2.75) is 50.1 Å². The summed E-state index contributed by atoms with van der Waals surface area (Å²) < 4.78 is 77.0. The highest BCUT2D eigenvalue weighted by atomic mass is 19.4. The zero-order chi connectivity index (χ0) is 23.5. The fourth-order valence-corrected chi connectivity index (χ4v) is 3.40. The van der Waals surface area contributed by atoms with Crippen LogP contribution in [0.3, 0.4) is 0 Å².